The smallest absolute Gasteiger partial charge is 0.340 e. The molecular formula is C15H17NO4. The van der Waals surface area contributed by atoms with E-state index in [2.05, 4.69) is 0 Å². The van der Waals surface area contributed by atoms with Crippen LogP contribution in [0.4, 0.5) is 0 Å². The second-order valence-electron chi connectivity index (χ2n) is 4.59. The molecule has 0 aliphatic carbocycles. The van der Waals surface area contributed by atoms with Gasteiger partial charge in [0.2, 0.25) is 0 Å². The quantitative estimate of drug-likeness (QED) is 0.851. The van der Waals surface area contributed by atoms with Crippen LogP contribution in [0.15, 0.2) is 36.0 Å². The van der Waals surface area contributed by atoms with Gasteiger partial charge in [-0.05, 0) is 24.6 Å². The van der Waals surface area contributed by atoms with E-state index in [4.69, 9.17) is 9.84 Å². The average Bonchev–Trinajstić information content (AvgIpc) is 2.46. The Kier molecular flexibility index (Phi) is 4.08. The van der Waals surface area contributed by atoms with Gasteiger partial charge in [-0.1, -0.05) is 12.1 Å². The van der Waals surface area contributed by atoms with Crippen LogP contribution in [0.1, 0.15) is 24.9 Å². The van der Waals surface area contributed by atoms with Crippen molar-refractivity contribution < 1.29 is 19.4 Å². The molecule has 0 fully saturated rings. The highest BCUT2D eigenvalue weighted by Crippen LogP contribution is 2.31. The van der Waals surface area contributed by atoms with Crippen molar-refractivity contribution in [2.45, 2.75) is 19.4 Å². The van der Waals surface area contributed by atoms with Crippen molar-refractivity contribution in [1.29, 1.82) is 0 Å². The van der Waals surface area contributed by atoms with Crippen molar-refractivity contribution >= 4 is 11.8 Å². The lowest BCUT2D eigenvalue weighted by atomic mass is 9.93. The van der Waals surface area contributed by atoms with Crippen LogP contribution in [0.25, 0.3) is 0 Å². The van der Waals surface area contributed by atoms with E-state index in [1.165, 1.54) is 6.20 Å². The number of rotatable bonds is 4. The minimum absolute atomic E-state index is 0.124. The molecule has 1 N–H and O–H groups in total. The first-order valence-electron chi connectivity index (χ1n) is 6.44. The zero-order valence-electron chi connectivity index (χ0n) is 11.5. The molecule has 5 nitrogen and oxygen atoms in total. The Morgan fingerprint density at radius 1 is 1.40 bits per heavy atom. The molecule has 1 heterocycles. The van der Waals surface area contributed by atoms with Crippen molar-refractivity contribution in [3.8, 4) is 5.75 Å². The van der Waals surface area contributed by atoms with Crippen molar-refractivity contribution in [2.24, 2.45) is 0 Å². The second-order valence-corrected chi connectivity index (χ2v) is 4.59. The number of aliphatic carboxylic acids is 1. The van der Waals surface area contributed by atoms with E-state index in [-0.39, 0.29) is 23.8 Å². The molecule has 1 aliphatic heterocycles. The zero-order valence-corrected chi connectivity index (χ0v) is 11.5. The Hall–Kier alpha value is -2.30. The van der Waals surface area contributed by atoms with Gasteiger partial charge in [0.1, 0.15) is 11.3 Å². The highest BCUT2D eigenvalue weighted by Gasteiger charge is 2.31. The van der Waals surface area contributed by atoms with Gasteiger partial charge in [0, 0.05) is 19.2 Å². The molecule has 2 rings (SSSR count). The Labute approximate surface area is 117 Å². The molecule has 1 aromatic carbocycles. The molecule has 20 heavy (non-hydrogen) atoms. The number of ether oxygens (including phenoxy) is 1. The van der Waals surface area contributed by atoms with E-state index in [1.807, 2.05) is 36.1 Å². The molecule has 0 radical (unpaired) electrons. The third-order valence-electron chi connectivity index (χ3n) is 3.47. The molecule has 106 valence electrons. The number of nitrogens with zero attached hydrogens (tertiary/aromatic N) is 1. The summed E-state index contributed by atoms with van der Waals surface area (Å²) < 4.78 is 5.11. The summed E-state index contributed by atoms with van der Waals surface area (Å²) in [5.74, 6) is -0.745. The normalized spacial score (nSPS) is 18.7. The molecule has 0 saturated carbocycles. The summed E-state index contributed by atoms with van der Waals surface area (Å²) >= 11 is 0. The lowest BCUT2D eigenvalue weighted by Crippen LogP contribution is -2.33. The van der Waals surface area contributed by atoms with Crippen LogP contribution in [-0.4, -0.2) is 35.4 Å². The fourth-order valence-electron chi connectivity index (χ4n) is 2.35. The number of ketones is 1. The van der Waals surface area contributed by atoms with Crippen LogP contribution in [0.3, 0.4) is 0 Å². The molecular weight excluding hydrogens is 258 g/mol. The standard InChI is InChI=1S/C15H17NO4/c1-3-16-9-12(15(18)19)14(17)8-13(16)10-4-6-11(20-2)7-5-10/h4-7,9,13H,3,8H2,1-2H3,(H,18,19). The fraction of sp³-hybridized carbons (Fsp3) is 0.333. The monoisotopic (exact) mass is 275 g/mol. The Bertz CT molecular complexity index is 547. The van der Waals surface area contributed by atoms with Crippen LogP contribution in [0.5, 0.6) is 5.75 Å². The molecule has 5 heteroatoms. The number of benzene rings is 1. The number of hydrogen-bond donors (Lipinski definition) is 1. The van der Waals surface area contributed by atoms with Gasteiger partial charge in [-0.15, -0.1) is 0 Å². The summed E-state index contributed by atoms with van der Waals surface area (Å²) in [6, 6.07) is 7.35. The number of carbonyl (C=O) groups is 2. The molecule has 0 saturated heterocycles. The lowest BCUT2D eigenvalue weighted by molar-refractivity contribution is -0.135. The number of methoxy groups -OCH3 is 1. The largest absolute Gasteiger partial charge is 0.497 e. The van der Waals surface area contributed by atoms with Crippen LogP contribution < -0.4 is 4.74 Å². The number of Topliss-reactive ketones (excluding diaryl/α,β-unsaturated/α-hetero) is 1. The maximum atomic E-state index is 11.9. The van der Waals surface area contributed by atoms with Gasteiger partial charge in [0.25, 0.3) is 0 Å². The van der Waals surface area contributed by atoms with Gasteiger partial charge in [-0.2, -0.15) is 0 Å². The van der Waals surface area contributed by atoms with Gasteiger partial charge >= 0.3 is 5.97 Å². The maximum Gasteiger partial charge on any atom is 0.340 e. The molecule has 0 amide bonds. The summed E-state index contributed by atoms with van der Waals surface area (Å²) in [5, 5.41) is 9.01. The van der Waals surface area contributed by atoms with Gasteiger partial charge in [0.15, 0.2) is 5.78 Å². The van der Waals surface area contributed by atoms with Gasteiger partial charge in [0.05, 0.1) is 13.2 Å². The van der Waals surface area contributed by atoms with E-state index < -0.39 is 5.97 Å². The van der Waals surface area contributed by atoms with E-state index in [0.717, 1.165) is 11.3 Å². The summed E-state index contributed by atoms with van der Waals surface area (Å²) in [4.78, 5) is 24.8. The van der Waals surface area contributed by atoms with Gasteiger partial charge in [-0.3, -0.25) is 4.79 Å². The highest BCUT2D eigenvalue weighted by atomic mass is 16.5. The highest BCUT2D eigenvalue weighted by molar-refractivity contribution is 6.17. The Balaban J connectivity index is 2.32. The molecule has 1 aliphatic rings. The SMILES string of the molecule is CCN1C=C(C(=O)O)C(=O)CC1c1ccc(OC)cc1. The van der Waals surface area contributed by atoms with Crippen molar-refractivity contribution in [3.05, 3.63) is 41.6 Å². The van der Waals surface area contributed by atoms with E-state index in [1.54, 1.807) is 7.11 Å². The second kappa shape index (κ2) is 5.77. The molecule has 0 aromatic heterocycles. The van der Waals surface area contributed by atoms with Crippen LogP contribution in [0, 0.1) is 0 Å². The van der Waals surface area contributed by atoms with Crippen LogP contribution in [0.2, 0.25) is 0 Å². The fourth-order valence-corrected chi connectivity index (χ4v) is 2.35. The van der Waals surface area contributed by atoms with E-state index in [9.17, 15) is 9.59 Å². The molecule has 1 aromatic rings. The maximum absolute atomic E-state index is 11.9. The van der Waals surface area contributed by atoms with Crippen molar-refractivity contribution in [2.75, 3.05) is 13.7 Å². The number of carboxylic acids is 1. The topological polar surface area (TPSA) is 66.8 Å². The predicted molar refractivity (Wildman–Crippen MR) is 73.5 cm³/mol. The number of carbonyl (C=O) groups excluding carboxylic acids is 1. The third kappa shape index (κ3) is 2.66. The Morgan fingerprint density at radius 3 is 2.55 bits per heavy atom. The summed E-state index contributed by atoms with van der Waals surface area (Å²) in [6.45, 7) is 2.57. The molecule has 0 spiro atoms. The van der Waals surface area contributed by atoms with Gasteiger partial charge < -0.3 is 14.7 Å². The van der Waals surface area contributed by atoms with E-state index in [0.29, 0.717) is 6.54 Å². The first kappa shape index (κ1) is 14.1. The summed E-state index contributed by atoms with van der Waals surface area (Å²) in [5.41, 5.74) is 0.832. The van der Waals surface area contributed by atoms with E-state index >= 15 is 0 Å². The number of hydrogen-bond acceptors (Lipinski definition) is 4. The molecule has 0 bridgehead atoms. The Morgan fingerprint density at radius 2 is 2.05 bits per heavy atom. The first-order valence-corrected chi connectivity index (χ1v) is 6.44. The van der Waals surface area contributed by atoms with Crippen molar-refractivity contribution in [1.82, 2.24) is 4.90 Å². The van der Waals surface area contributed by atoms with Crippen LogP contribution in [-0.2, 0) is 9.59 Å². The van der Waals surface area contributed by atoms with Crippen molar-refractivity contribution in [3.63, 3.8) is 0 Å². The summed E-state index contributed by atoms with van der Waals surface area (Å²) in [6.07, 6.45) is 1.63. The minimum atomic E-state index is -1.17. The number of carboxylic acid groups (broad SMARTS) is 1. The average molecular weight is 275 g/mol. The summed E-state index contributed by atoms with van der Waals surface area (Å²) in [7, 11) is 1.60. The zero-order chi connectivity index (χ0) is 14.7. The molecule has 1 unspecified atom stereocenters. The lowest BCUT2D eigenvalue weighted by Gasteiger charge is -2.33. The third-order valence-corrected chi connectivity index (χ3v) is 3.47. The predicted octanol–water partition coefficient (Wildman–Crippen LogP) is 2.00. The van der Waals surface area contributed by atoms with Crippen LogP contribution >= 0.6 is 0 Å². The minimum Gasteiger partial charge on any atom is -0.497 e. The molecule has 1 atom stereocenters. The first-order chi connectivity index (χ1) is 9.56. The van der Waals surface area contributed by atoms with Gasteiger partial charge in [-0.25, -0.2) is 4.79 Å².